The van der Waals surface area contributed by atoms with Crippen LogP contribution >= 0.6 is 0 Å². The van der Waals surface area contributed by atoms with E-state index in [1.807, 2.05) is 12.1 Å². The molecule has 0 bridgehead atoms. The van der Waals surface area contributed by atoms with E-state index in [0.717, 1.165) is 60.8 Å². The fraction of sp³-hybridized carbons (Fsp3) is 0.0638. The van der Waals surface area contributed by atoms with Crippen molar-refractivity contribution in [3.63, 3.8) is 0 Å². The summed E-state index contributed by atoms with van der Waals surface area (Å²) >= 11 is 0. The molecular weight excluding hydrogens is 611 g/mol. The van der Waals surface area contributed by atoms with E-state index >= 15 is 0 Å². The third-order valence-corrected chi connectivity index (χ3v) is 9.83. The lowest BCUT2D eigenvalue weighted by molar-refractivity contribution is 0.668. The zero-order valence-electron chi connectivity index (χ0n) is 28.1. The maximum absolute atomic E-state index is 6.30. The smallest absolute Gasteiger partial charge is 0.136 e. The number of hydrogen-bond donors (Lipinski definition) is 0. The molecule has 0 saturated heterocycles. The summed E-state index contributed by atoms with van der Waals surface area (Å²) in [7, 11) is 0. The van der Waals surface area contributed by atoms with E-state index in [9.17, 15) is 0 Å². The van der Waals surface area contributed by atoms with Gasteiger partial charge >= 0.3 is 0 Å². The lowest BCUT2D eigenvalue weighted by Gasteiger charge is -2.25. The molecule has 0 fully saturated rings. The lowest BCUT2D eigenvalue weighted by atomic mass is 9.97. The van der Waals surface area contributed by atoms with Crippen LogP contribution in [0.2, 0.25) is 0 Å². The molecule has 3 nitrogen and oxygen atoms in total. The summed E-state index contributed by atoms with van der Waals surface area (Å²) in [5.74, 6) is 0. The number of allylic oxidation sites excluding steroid dienone is 4. The van der Waals surface area contributed by atoms with Crippen molar-refractivity contribution in [1.82, 2.24) is 0 Å². The summed E-state index contributed by atoms with van der Waals surface area (Å²) in [5, 5.41) is 9.39. The molecule has 240 valence electrons. The van der Waals surface area contributed by atoms with Gasteiger partial charge in [0.15, 0.2) is 0 Å². The minimum absolute atomic E-state index is 0.689. The Morgan fingerprint density at radius 1 is 0.560 bits per heavy atom. The van der Waals surface area contributed by atoms with E-state index in [1.165, 1.54) is 32.7 Å². The Morgan fingerprint density at radius 2 is 1.20 bits per heavy atom. The summed E-state index contributed by atoms with van der Waals surface area (Å²) in [5.41, 5.74) is 9.40. The molecule has 0 saturated carbocycles. The van der Waals surface area contributed by atoms with Crippen LogP contribution in [-0.4, -0.2) is 6.54 Å². The molecule has 9 aromatic rings. The highest BCUT2D eigenvalue weighted by molar-refractivity contribution is 6.10. The minimum Gasteiger partial charge on any atom is -0.456 e. The Morgan fingerprint density at radius 3 is 2.04 bits per heavy atom. The second kappa shape index (κ2) is 12.3. The maximum Gasteiger partial charge on any atom is 0.136 e. The molecule has 0 amide bonds. The molecule has 0 radical (unpaired) electrons. The second-order valence-corrected chi connectivity index (χ2v) is 12.9. The largest absolute Gasteiger partial charge is 0.456 e. The van der Waals surface area contributed by atoms with Crippen molar-refractivity contribution in [2.45, 2.75) is 13.8 Å². The van der Waals surface area contributed by atoms with Crippen LogP contribution in [0.5, 0.6) is 0 Å². The van der Waals surface area contributed by atoms with Gasteiger partial charge in [0, 0.05) is 39.5 Å². The van der Waals surface area contributed by atoms with Crippen LogP contribution in [0.15, 0.2) is 172 Å². The van der Waals surface area contributed by atoms with E-state index in [0.29, 0.717) is 6.54 Å². The van der Waals surface area contributed by atoms with Gasteiger partial charge < -0.3 is 13.7 Å². The summed E-state index contributed by atoms with van der Waals surface area (Å²) in [6.45, 7) is 4.99. The SMILES string of the molecule is C/C=C(\C=C/CN(/C(C)=C\c1ccc2oc3cc4ccccc4cc3c2c1)c1ccc2oc3ccccc3c2c1)c1cccc2ccccc12. The maximum atomic E-state index is 6.30. The van der Waals surface area contributed by atoms with Crippen molar-refractivity contribution in [2.75, 3.05) is 11.4 Å². The average Bonchev–Trinajstić information content (AvgIpc) is 3.71. The highest BCUT2D eigenvalue weighted by atomic mass is 16.3. The Kier molecular flexibility index (Phi) is 7.32. The molecule has 50 heavy (non-hydrogen) atoms. The molecular formula is C47H35NO2. The number of benzene rings is 7. The third-order valence-electron chi connectivity index (χ3n) is 9.83. The minimum atomic E-state index is 0.689. The first kappa shape index (κ1) is 29.8. The number of anilines is 1. The predicted molar refractivity (Wildman–Crippen MR) is 213 cm³/mol. The number of nitrogens with zero attached hydrogens (tertiary/aromatic N) is 1. The first-order chi connectivity index (χ1) is 24.6. The predicted octanol–water partition coefficient (Wildman–Crippen LogP) is 13.3. The van der Waals surface area contributed by atoms with Crippen LogP contribution in [0.4, 0.5) is 5.69 Å². The van der Waals surface area contributed by atoms with Gasteiger partial charge in [0.05, 0.1) is 0 Å². The first-order valence-corrected chi connectivity index (χ1v) is 17.2. The molecule has 0 aliphatic carbocycles. The van der Waals surface area contributed by atoms with Crippen LogP contribution in [0.1, 0.15) is 25.0 Å². The van der Waals surface area contributed by atoms with Gasteiger partial charge in [-0.05, 0) is 107 Å². The quantitative estimate of drug-likeness (QED) is 0.162. The number of fused-ring (bicyclic) bond motifs is 8. The molecule has 0 spiro atoms. The van der Waals surface area contributed by atoms with Gasteiger partial charge in [-0.1, -0.05) is 109 Å². The van der Waals surface area contributed by atoms with Crippen molar-refractivity contribution >= 4 is 82.8 Å². The molecule has 2 heterocycles. The van der Waals surface area contributed by atoms with Gasteiger partial charge in [0.2, 0.25) is 0 Å². The number of hydrogen-bond acceptors (Lipinski definition) is 3. The van der Waals surface area contributed by atoms with Crippen LogP contribution in [0.3, 0.4) is 0 Å². The normalized spacial score (nSPS) is 12.8. The molecule has 3 heteroatoms. The molecule has 0 unspecified atom stereocenters. The zero-order chi connectivity index (χ0) is 33.6. The van der Waals surface area contributed by atoms with Gasteiger partial charge in [-0.25, -0.2) is 0 Å². The number of furan rings is 2. The molecule has 7 aromatic carbocycles. The van der Waals surface area contributed by atoms with E-state index in [2.05, 4.69) is 170 Å². The molecule has 9 rings (SSSR count). The Bertz CT molecular complexity index is 2820. The fourth-order valence-corrected chi connectivity index (χ4v) is 7.33. The van der Waals surface area contributed by atoms with Crippen LogP contribution in [0, 0.1) is 0 Å². The summed E-state index contributed by atoms with van der Waals surface area (Å²) < 4.78 is 12.5. The van der Waals surface area contributed by atoms with Crippen LogP contribution < -0.4 is 4.90 Å². The summed E-state index contributed by atoms with van der Waals surface area (Å²) in [6, 6.07) is 49.2. The van der Waals surface area contributed by atoms with E-state index in [4.69, 9.17) is 8.83 Å². The van der Waals surface area contributed by atoms with E-state index in [-0.39, 0.29) is 0 Å². The Labute approximate surface area is 290 Å². The third kappa shape index (κ3) is 5.24. The molecule has 0 aliphatic heterocycles. The van der Waals surface area contributed by atoms with Crippen molar-refractivity contribution in [1.29, 1.82) is 0 Å². The van der Waals surface area contributed by atoms with Crippen molar-refractivity contribution in [3.05, 3.63) is 175 Å². The van der Waals surface area contributed by atoms with Crippen LogP contribution in [-0.2, 0) is 0 Å². The molecule has 0 atom stereocenters. The monoisotopic (exact) mass is 645 g/mol. The van der Waals surface area contributed by atoms with E-state index < -0.39 is 0 Å². The van der Waals surface area contributed by atoms with Gasteiger partial charge in [-0.2, -0.15) is 0 Å². The van der Waals surface area contributed by atoms with Gasteiger partial charge in [0.25, 0.3) is 0 Å². The molecule has 0 aliphatic rings. The first-order valence-electron chi connectivity index (χ1n) is 17.2. The summed E-state index contributed by atoms with van der Waals surface area (Å²) in [4.78, 5) is 2.37. The standard InChI is InChI=1S/C47H35NO2/c1-3-33(38-19-10-15-34-12-6-7-17-39(34)38)16-11-25-48(37-22-24-46-43(30-37)40-18-8-9-20-44(40)49-46)31(2)26-32-21-23-45-41(27-32)42-28-35-13-4-5-14-36(35)29-47(42)50-45/h3-24,26-30H,25H2,1-2H3/b16-11-,31-26-,33-3+. The summed E-state index contributed by atoms with van der Waals surface area (Å²) in [6.07, 6.45) is 8.99. The van der Waals surface area contributed by atoms with Gasteiger partial charge in [-0.15, -0.1) is 0 Å². The average molecular weight is 646 g/mol. The lowest BCUT2D eigenvalue weighted by Crippen LogP contribution is -2.20. The zero-order valence-corrected chi connectivity index (χ0v) is 28.1. The van der Waals surface area contributed by atoms with Crippen LogP contribution in [0.25, 0.3) is 77.1 Å². The Hall–Kier alpha value is -6.32. The topological polar surface area (TPSA) is 29.5 Å². The molecule has 0 N–H and O–H groups in total. The van der Waals surface area contributed by atoms with Gasteiger partial charge in [-0.3, -0.25) is 0 Å². The van der Waals surface area contributed by atoms with Crippen molar-refractivity contribution in [2.24, 2.45) is 0 Å². The highest BCUT2D eigenvalue weighted by Gasteiger charge is 2.14. The fourth-order valence-electron chi connectivity index (χ4n) is 7.33. The van der Waals surface area contributed by atoms with Crippen molar-refractivity contribution < 1.29 is 8.83 Å². The second-order valence-electron chi connectivity index (χ2n) is 12.9. The van der Waals surface area contributed by atoms with Crippen molar-refractivity contribution in [3.8, 4) is 0 Å². The number of para-hydroxylation sites is 1. The molecule has 2 aromatic heterocycles. The number of rotatable bonds is 7. The van der Waals surface area contributed by atoms with E-state index in [1.54, 1.807) is 0 Å². The Balaban J connectivity index is 1.12. The highest BCUT2D eigenvalue weighted by Crippen LogP contribution is 2.35. The van der Waals surface area contributed by atoms with Gasteiger partial charge in [0.1, 0.15) is 22.3 Å².